The Labute approximate surface area is 122 Å². The Morgan fingerprint density at radius 2 is 1.90 bits per heavy atom. The number of amides is 1. The average Bonchev–Trinajstić information content (AvgIpc) is 2.50. The Bertz CT molecular complexity index is 589. The molecule has 1 fully saturated rings. The van der Waals surface area contributed by atoms with Gasteiger partial charge in [-0.2, -0.15) is 5.26 Å². The minimum atomic E-state index is -0.837. The van der Waals surface area contributed by atoms with Crippen molar-refractivity contribution < 1.29 is 13.6 Å². The summed E-state index contributed by atoms with van der Waals surface area (Å²) in [7, 11) is 0. The third-order valence-electron chi connectivity index (χ3n) is 3.83. The van der Waals surface area contributed by atoms with Gasteiger partial charge >= 0.3 is 0 Å². The molecule has 1 amide bonds. The molecule has 4 nitrogen and oxygen atoms in total. The topological polar surface area (TPSA) is 47.3 Å². The molecule has 6 heteroatoms. The second-order valence-corrected chi connectivity index (χ2v) is 5.19. The van der Waals surface area contributed by atoms with Crippen molar-refractivity contribution in [2.24, 2.45) is 0 Å². The van der Waals surface area contributed by atoms with E-state index in [4.69, 9.17) is 5.26 Å². The van der Waals surface area contributed by atoms with Gasteiger partial charge in [0.1, 0.15) is 17.2 Å². The molecular formula is C15H17F2N3O. The lowest BCUT2D eigenvalue weighted by Gasteiger charge is -2.36. The maximum Gasteiger partial charge on any atom is 0.259 e. The SMILES string of the molecule is Cc1ccc(F)c(C(=O)N2CCN(C(C)C#N)CC2)c1F. The van der Waals surface area contributed by atoms with Crippen molar-refractivity contribution in [1.29, 1.82) is 5.26 Å². The monoisotopic (exact) mass is 293 g/mol. The van der Waals surface area contributed by atoms with Gasteiger partial charge in [0.15, 0.2) is 0 Å². The van der Waals surface area contributed by atoms with E-state index in [0.717, 1.165) is 6.07 Å². The van der Waals surface area contributed by atoms with E-state index in [2.05, 4.69) is 6.07 Å². The van der Waals surface area contributed by atoms with Crippen molar-refractivity contribution >= 4 is 5.91 Å². The van der Waals surface area contributed by atoms with Crippen LogP contribution in [-0.2, 0) is 0 Å². The van der Waals surface area contributed by atoms with Crippen molar-refractivity contribution in [3.05, 3.63) is 34.9 Å². The summed E-state index contributed by atoms with van der Waals surface area (Å²) in [6.45, 7) is 5.05. The molecule has 1 saturated heterocycles. The maximum atomic E-state index is 14.0. The van der Waals surface area contributed by atoms with Crippen molar-refractivity contribution in [3.8, 4) is 6.07 Å². The molecule has 0 radical (unpaired) electrons. The quantitative estimate of drug-likeness (QED) is 0.837. The molecule has 0 aromatic heterocycles. The number of rotatable bonds is 2. The standard InChI is InChI=1S/C15H17F2N3O/c1-10-3-4-12(16)13(14(10)17)15(21)20-7-5-19(6-8-20)11(2)9-18/h3-4,11H,5-8H2,1-2H3. The van der Waals surface area contributed by atoms with E-state index >= 15 is 0 Å². The number of hydrogen-bond donors (Lipinski definition) is 0. The Morgan fingerprint density at radius 1 is 1.29 bits per heavy atom. The van der Waals surface area contributed by atoms with E-state index in [1.807, 2.05) is 4.90 Å². The van der Waals surface area contributed by atoms with Crippen LogP contribution in [0.25, 0.3) is 0 Å². The molecule has 1 aliphatic rings. The van der Waals surface area contributed by atoms with Gasteiger partial charge < -0.3 is 4.90 Å². The smallest absolute Gasteiger partial charge is 0.259 e. The maximum absolute atomic E-state index is 14.0. The lowest BCUT2D eigenvalue weighted by atomic mass is 10.1. The lowest BCUT2D eigenvalue weighted by Crippen LogP contribution is -2.51. The Kier molecular flexibility index (Phi) is 4.53. The zero-order chi connectivity index (χ0) is 15.6. The van der Waals surface area contributed by atoms with Crippen LogP contribution in [-0.4, -0.2) is 47.9 Å². The average molecular weight is 293 g/mol. The minimum Gasteiger partial charge on any atom is -0.336 e. The molecular weight excluding hydrogens is 276 g/mol. The molecule has 112 valence electrons. The molecule has 1 unspecified atom stereocenters. The largest absolute Gasteiger partial charge is 0.336 e. The number of nitriles is 1. The number of carbonyl (C=O) groups excluding carboxylic acids is 1. The number of nitrogens with zero attached hydrogens (tertiary/aromatic N) is 3. The Balaban J connectivity index is 2.13. The van der Waals surface area contributed by atoms with Crippen molar-refractivity contribution in [2.75, 3.05) is 26.2 Å². The van der Waals surface area contributed by atoms with Crippen LogP contribution < -0.4 is 0 Å². The second-order valence-electron chi connectivity index (χ2n) is 5.19. The van der Waals surface area contributed by atoms with E-state index in [1.165, 1.54) is 17.9 Å². The van der Waals surface area contributed by atoms with E-state index < -0.39 is 23.1 Å². The van der Waals surface area contributed by atoms with Crippen molar-refractivity contribution in [1.82, 2.24) is 9.80 Å². The van der Waals surface area contributed by atoms with E-state index in [1.54, 1.807) is 6.92 Å². The third-order valence-corrected chi connectivity index (χ3v) is 3.83. The molecule has 1 atom stereocenters. The number of aryl methyl sites for hydroxylation is 1. The van der Waals surface area contributed by atoms with Gasteiger partial charge in [0.2, 0.25) is 0 Å². The van der Waals surface area contributed by atoms with Crippen LogP contribution in [0.4, 0.5) is 8.78 Å². The van der Waals surface area contributed by atoms with Crippen LogP contribution >= 0.6 is 0 Å². The van der Waals surface area contributed by atoms with Crippen LogP contribution in [0.3, 0.4) is 0 Å². The number of benzene rings is 1. The molecule has 1 aromatic rings. The van der Waals surface area contributed by atoms with Crippen molar-refractivity contribution in [3.63, 3.8) is 0 Å². The molecule has 2 rings (SSSR count). The van der Waals surface area contributed by atoms with Gasteiger partial charge in [-0.15, -0.1) is 0 Å². The summed E-state index contributed by atoms with van der Waals surface area (Å²) in [5.74, 6) is -2.26. The first-order valence-electron chi connectivity index (χ1n) is 6.83. The highest BCUT2D eigenvalue weighted by Gasteiger charge is 2.28. The highest BCUT2D eigenvalue weighted by Crippen LogP contribution is 2.19. The highest BCUT2D eigenvalue weighted by molar-refractivity contribution is 5.95. The summed E-state index contributed by atoms with van der Waals surface area (Å²) in [5, 5.41) is 8.87. The molecule has 1 heterocycles. The molecule has 0 N–H and O–H groups in total. The number of carbonyl (C=O) groups is 1. The fourth-order valence-electron chi connectivity index (χ4n) is 2.40. The van der Waals surface area contributed by atoms with Crippen LogP contribution in [0, 0.1) is 29.9 Å². The summed E-state index contributed by atoms with van der Waals surface area (Å²) >= 11 is 0. The van der Waals surface area contributed by atoms with Crippen LogP contribution in [0.1, 0.15) is 22.8 Å². The molecule has 0 spiro atoms. The first-order chi connectivity index (χ1) is 9.95. The highest BCUT2D eigenvalue weighted by atomic mass is 19.1. The summed E-state index contributed by atoms with van der Waals surface area (Å²) in [5.41, 5.74) is -0.242. The zero-order valence-corrected chi connectivity index (χ0v) is 12.1. The summed E-state index contributed by atoms with van der Waals surface area (Å²) in [4.78, 5) is 15.7. The van der Waals surface area contributed by atoms with Gasteiger partial charge in [0.25, 0.3) is 5.91 Å². The van der Waals surface area contributed by atoms with Crippen LogP contribution in [0.5, 0.6) is 0 Å². The Morgan fingerprint density at radius 3 is 2.48 bits per heavy atom. The first-order valence-corrected chi connectivity index (χ1v) is 6.83. The van der Waals surface area contributed by atoms with Gasteiger partial charge in [-0.3, -0.25) is 9.69 Å². The molecule has 0 saturated carbocycles. The van der Waals surface area contributed by atoms with Crippen LogP contribution in [0.2, 0.25) is 0 Å². The van der Waals surface area contributed by atoms with Gasteiger partial charge in [-0.1, -0.05) is 6.07 Å². The normalized spacial score (nSPS) is 17.4. The van der Waals surface area contributed by atoms with Gasteiger partial charge in [-0.05, 0) is 25.5 Å². The van der Waals surface area contributed by atoms with Crippen LogP contribution in [0.15, 0.2) is 12.1 Å². The predicted octanol–water partition coefficient (Wildman–Crippen LogP) is 1.94. The lowest BCUT2D eigenvalue weighted by molar-refractivity contribution is 0.0606. The second kappa shape index (κ2) is 6.19. The number of halogens is 2. The zero-order valence-electron chi connectivity index (χ0n) is 12.1. The molecule has 21 heavy (non-hydrogen) atoms. The molecule has 0 aliphatic carbocycles. The van der Waals surface area contributed by atoms with E-state index in [0.29, 0.717) is 26.2 Å². The van der Waals surface area contributed by atoms with E-state index in [-0.39, 0.29) is 11.6 Å². The summed E-state index contributed by atoms with van der Waals surface area (Å²) < 4.78 is 27.7. The van der Waals surface area contributed by atoms with Crippen molar-refractivity contribution in [2.45, 2.75) is 19.9 Å². The van der Waals surface area contributed by atoms with E-state index in [9.17, 15) is 13.6 Å². The molecule has 1 aromatic carbocycles. The van der Waals surface area contributed by atoms with Gasteiger partial charge in [-0.25, -0.2) is 8.78 Å². The summed E-state index contributed by atoms with van der Waals surface area (Å²) in [6, 6.07) is 4.34. The summed E-state index contributed by atoms with van der Waals surface area (Å²) in [6.07, 6.45) is 0. The fraction of sp³-hybridized carbons (Fsp3) is 0.467. The number of piperazine rings is 1. The molecule has 1 aliphatic heterocycles. The predicted molar refractivity (Wildman–Crippen MR) is 73.6 cm³/mol. The third kappa shape index (κ3) is 3.03. The van der Waals surface area contributed by atoms with Gasteiger partial charge in [0.05, 0.1) is 12.1 Å². The number of hydrogen-bond acceptors (Lipinski definition) is 3. The fourth-order valence-corrected chi connectivity index (χ4v) is 2.40. The molecule has 0 bridgehead atoms. The Hall–Kier alpha value is -2.00. The first kappa shape index (κ1) is 15.4. The van der Waals surface area contributed by atoms with Gasteiger partial charge in [0, 0.05) is 26.2 Å². The minimum absolute atomic E-state index is 0.227.